The third-order valence-electron chi connectivity index (χ3n) is 4.45. The fraction of sp³-hybridized carbons (Fsp3) is 1.00. The Morgan fingerprint density at radius 2 is 2.00 bits per heavy atom. The third-order valence-corrected chi connectivity index (χ3v) is 4.70. The van der Waals surface area contributed by atoms with E-state index in [1.54, 1.807) is 7.11 Å². The van der Waals surface area contributed by atoms with Crippen molar-refractivity contribution in [1.82, 2.24) is 0 Å². The van der Waals surface area contributed by atoms with Gasteiger partial charge in [-0.15, -0.1) is 12.6 Å². The lowest BCUT2D eigenvalue weighted by molar-refractivity contribution is -0.0990. The lowest BCUT2D eigenvalue weighted by atomic mass is 9.54. The van der Waals surface area contributed by atoms with Gasteiger partial charge in [-0.1, -0.05) is 12.6 Å². The van der Waals surface area contributed by atoms with Gasteiger partial charge in [0.05, 0.1) is 23.7 Å². The van der Waals surface area contributed by atoms with Crippen molar-refractivity contribution in [2.75, 3.05) is 13.7 Å². The van der Waals surface area contributed by atoms with E-state index >= 15 is 0 Å². The zero-order valence-electron chi connectivity index (χ0n) is 12.9. The van der Waals surface area contributed by atoms with Crippen molar-refractivity contribution in [3.05, 3.63) is 0 Å². The third kappa shape index (κ3) is 5.56. The lowest BCUT2D eigenvalue weighted by Gasteiger charge is -2.41. The number of hydrogen-bond donors (Lipinski definition) is 3. The number of hydrogen-bond acceptors (Lipinski definition) is 5. The summed E-state index contributed by atoms with van der Waals surface area (Å²) in [6, 6.07) is 0. The fourth-order valence-corrected chi connectivity index (χ4v) is 3.40. The summed E-state index contributed by atoms with van der Waals surface area (Å²) in [6.07, 6.45) is 3.09. The van der Waals surface area contributed by atoms with Crippen LogP contribution in [0.15, 0.2) is 0 Å². The summed E-state index contributed by atoms with van der Waals surface area (Å²) in [7, 11) is 2.77. The van der Waals surface area contributed by atoms with Gasteiger partial charge in [-0.3, -0.25) is 0 Å². The fourth-order valence-electron chi connectivity index (χ4n) is 3.22. The molecule has 0 aliphatic heterocycles. The van der Waals surface area contributed by atoms with Gasteiger partial charge in [0.2, 0.25) is 0 Å². The van der Waals surface area contributed by atoms with Crippen molar-refractivity contribution in [3.63, 3.8) is 0 Å². The van der Waals surface area contributed by atoms with Gasteiger partial charge in [-0.25, -0.2) is 0 Å². The Balaban J connectivity index is 2.48. The molecule has 6 unspecified atom stereocenters. The highest BCUT2D eigenvalue weighted by Crippen LogP contribution is 2.39. The maximum absolute atomic E-state index is 9.92. The molecule has 0 saturated heterocycles. The van der Waals surface area contributed by atoms with Crippen molar-refractivity contribution >= 4 is 19.9 Å². The zero-order valence-corrected chi connectivity index (χ0v) is 13.8. The number of rotatable bonds is 8. The van der Waals surface area contributed by atoms with E-state index < -0.39 is 5.44 Å². The average Bonchev–Trinajstić information content (AvgIpc) is 2.42. The monoisotopic (exact) mass is 304 g/mol. The number of aliphatic hydroxyl groups is 2. The Morgan fingerprint density at radius 1 is 1.30 bits per heavy atom. The van der Waals surface area contributed by atoms with Crippen LogP contribution < -0.4 is 0 Å². The first-order valence-corrected chi connectivity index (χ1v) is 8.19. The van der Waals surface area contributed by atoms with Crippen LogP contribution in [0.25, 0.3) is 0 Å². The average molecular weight is 304 g/mol. The minimum atomic E-state index is -0.564. The van der Waals surface area contributed by atoms with Crippen LogP contribution in [-0.2, 0) is 9.47 Å². The van der Waals surface area contributed by atoms with E-state index in [4.69, 9.17) is 14.6 Å². The normalized spacial score (nSPS) is 33.7. The first-order valence-electron chi connectivity index (χ1n) is 7.68. The van der Waals surface area contributed by atoms with Crippen LogP contribution >= 0.6 is 12.6 Å². The van der Waals surface area contributed by atoms with Crippen molar-refractivity contribution in [3.8, 4) is 0 Å². The highest BCUT2D eigenvalue weighted by Gasteiger charge is 2.39. The first-order chi connectivity index (χ1) is 9.49. The van der Waals surface area contributed by atoms with Crippen molar-refractivity contribution in [2.24, 2.45) is 5.92 Å². The zero-order chi connectivity index (χ0) is 15.1. The Morgan fingerprint density at radius 3 is 2.50 bits per heavy atom. The van der Waals surface area contributed by atoms with E-state index in [2.05, 4.69) is 19.5 Å². The van der Waals surface area contributed by atoms with Crippen LogP contribution in [0.3, 0.4) is 0 Å². The summed E-state index contributed by atoms with van der Waals surface area (Å²) in [4.78, 5) is 0. The van der Waals surface area contributed by atoms with Gasteiger partial charge < -0.3 is 19.7 Å². The van der Waals surface area contributed by atoms with E-state index in [1.165, 1.54) is 0 Å². The maximum atomic E-state index is 9.92. The van der Waals surface area contributed by atoms with Gasteiger partial charge in [0.1, 0.15) is 7.28 Å². The highest BCUT2D eigenvalue weighted by atomic mass is 32.1. The molecule has 0 bridgehead atoms. The highest BCUT2D eigenvalue weighted by molar-refractivity contribution is 7.80. The molecule has 0 aromatic carbocycles. The van der Waals surface area contributed by atoms with Crippen LogP contribution in [-0.4, -0.2) is 55.0 Å². The molecule has 0 heterocycles. The molecular formula is C14H29BO4S. The smallest absolute Gasteiger partial charge is 0.121 e. The van der Waals surface area contributed by atoms with E-state index in [9.17, 15) is 5.11 Å². The van der Waals surface area contributed by atoms with E-state index in [1.807, 2.05) is 6.92 Å². The summed E-state index contributed by atoms with van der Waals surface area (Å²) >= 11 is 3.95. The lowest BCUT2D eigenvalue weighted by Crippen LogP contribution is -2.44. The molecule has 0 amide bonds. The van der Waals surface area contributed by atoms with Crippen LogP contribution in [0.2, 0.25) is 12.6 Å². The van der Waals surface area contributed by atoms with E-state index in [0.29, 0.717) is 24.8 Å². The molecule has 6 heteroatoms. The van der Waals surface area contributed by atoms with Gasteiger partial charge >= 0.3 is 0 Å². The Hall–Kier alpha value is 0.255. The van der Waals surface area contributed by atoms with Crippen LogP contribution in [0.1, 0.15) is 32.6 Å². The van der Waals surface area contributed by atoms with Crippen LogP contribution in [0.5, 0.6) is 0 Å². The standard InChI is InChI=1S/C14H29BO4S/c1-9(16)10-7-12(18-3)13(8-11(10)15-2)19-6-4-5-14(17)20/h9-17,20H,4-8H2,1-3H3. The Labute approximate surface area is 128 Å². The van der Waals surface area contributed by atoms with Gasteiger partial charge in [0.25, 0.3) is 0 Å². The molecule has 20 heavy (non-hydrogen) atoms. The molecule has 2 N–H and O–H groups in total. The largest absolute Gasteiger partial charge is 0.393 e. The van der Waals surface area contributed by atoms with Gasteiger partial charge in [0, 0.05) is 13.7 Å². The summed E-state index contributed by atoms with van der Waals surface area (Å²) in [5.74, 6) is 0.783. The Bertz CT molecular complexity index is 266. The summed E-state index contributed by atoms with van der Waals surface area (Å²) in [5.41, 5.74) is -0.564. The molecule has 0 spiro atoms. The summed E-state index contributed by atoms with van der Waals surface area (Å²) in [6.45, 7) is 4.66. The quantitative estimate of drug-likeness (QED) is 0.275. The molecule has 0 aromatic rings. The van der Waals surface area contributed by atoms with Gasteiger partial charge in [0.15, 0.2) is 0 Å². The molecule has 1 saturated carbocycles. The minimum Gasteiger partial charge on any atom is -0.393 e. The number of thiol groups is 1. The maximum Gasteiger partial charge on any atom is 0.121 e. The molecule has 0 radical (unpaired) electrons. The topological polar surface area (TPSA) is 58.9 Å². The Kier molecular flexibility index (Phi) is 8.52. The molecule has 118 valence electrons. The predicted octanol–water partition coefficient (Wildman–Crippen LogP) is 1.48. The number of methoxy groups -OCH3 is 1. The molecular weight excluding hydrogens is 275 g/mol. The predicted molar refractivity (Wildman–Crippen MR) is 85.9 cm³/mol. The van der Waals surface area contributed by atoms with Crippen molar-refractivity contribution < 1.29 is 19.7 Å². The number of ether oxygens (including phenoxy) is 2. The molecule has 0 aromatic heterocycles. The molecule has 1 fully saturated rings. The second-order valence-corrected chi connectivity index (χ2v) is 6.45. The first kappa shape index (κ1) is 18.3. The van der Waals surface area contributed by atoms with E-state index in [0.717, 1.165) is 26.5 Å². The second kappa shape index (κ2) is 9.31. The summed E-state index contributed by atoms with van der Waals surface area (Å²) < 4.78 is 11.5. The molecule has 1 rings (SSSR count). The minimum absolute atomic E-state index is 0.0540. The van der Waals surface area contributed by atoms with Crippen molar-refractivity contribution in [2.45, 2.75) is 69.0 Å². The molecule has 6 atom stereocenters. The van der Waals surface area contributed by atoms with Crippen molar-refractivity contribution in [1.29, 1.82) is 0 Å². The SMILES string of the molecule is CBC1CC(OCCCC(O)S)C(OC)CC1C(C)O. The van der Waals surface area contributed by atoms with Crippen LogP contribution in [0, 0.1) is 5.92 Å². The molecule has 1 aliphatic carbocycles. The second-order valence-electron chi connectivity index (χ2n) is 5.85. The van der Waals surface area contributed by atoms with Gasteiger partial charge in [-0.2, -0.15) is 0 Å². The van der Waals surface area contributed by atoms with E-state index in [-0.39, 0.29) is 18.3 Å². The van der Waals surface area contributed by atoms with Crippen LogP contribution in [0.4, 0.5) is 0 Å². The van der Waals surface area contributed by atoms with Gasteiger partial charge in [-0.05, 0) is 38.5 Å². The summed E-state index contributed by atoms with van der Waals surface area (Å²) in [5, 5.41) is 19.0. The number of aliphatic hydroxyl groups excluding tert-OH is 2. The molecule has 4 nitrogen and oxygen atoms in total. The molecule has 1 aliphatic rings.